The van der Waals surface area contributed by atoms with Crippen LogP contribution in [0.15, 0.2) is 36.9 Å². The summed E-state index contributed by atoms with van der Waals surface area (Å²) in [5, 5.41) is 3.46. The van der Waals surface area contributed by atoms with Gasteiger partial charge in [0.25, 0.3) is 0 Å². The summed E-state index contributed by atoms with van der Waals surface area (Å²) in [7, 11) is 0. The number of ether oxygens (including phenoxy) is 1. The maximum absolute atomic E-state index is 5.63. The summed E-state index contributed by atoms with van der Waals surface area (Å²) in [5.74, 6) is 0.943. The van der Waals surface area contributed by atoms with Gasteiger partial charge < -0.3 is 10.1 Å². The third-order valence-corrected chi connectivity index (χ3v) is 2.44. The summed E-state index contributed by atoms with van der Waals surface area (Å²) in [5.41, 5.74) is 1.21. The van der Waals surface area contributed by atoms with E-state index in [1.165, 1.54) is 5.56 Å². The van der Waals surface area contributed by atoms with E-state index in [0.29, 0.717) is 12.6 Å². The lowest BCUT2D eigenvalue weighted by Crippen LogP contribution is -2.19. The molecule has 0 aliphatic carbocycles. The van der Waals surface area contributed by atoms with Gasteiger partial charge in [-0.3, -0.25) is 0 Å². The second-order valence-electron chi connectivity index (χ2n) is 3.81. The number of benzene rings is 1. The summed E-state index contributed by atoms with van der Waals surface area (Å²) >= 11 is 0. The van der Waals surface area contributed by atoms with E-state index in [1.54, 1.807) is 6.08 Å². The van der Waals surface area contributed by atoms with Gasteiger partial charge in [0.15, 0.2) is 0 Å². The number of hydrogen-bond acceptors (Lipinski definition) is 2. The van der Waals surface area contributed by atoms with Crippen molar-refractivity contribution in [2.24, 2.45) is 0 Å². The molecule has 0 radical (unpaired) electrons. The minimum Gasteiger partial charge on any atom is -0.489 e. The number of nitrogens with one attached hydrogen (secondary N) is 1. The molecule has 0 aliphatic rings. The molecule has 0 aromatic heterocycles. The maximum Gasteiger partial charge on any atom is 0.124 e. The highest BCUT2D eigenvalue weighted by Gasteiger charge is 2.09. The Morgan fingerprint density at radius 3 is 2.88 bits per heavy atom. The molecule has 16 heavy (non-hydrogen) atoms. The van der Waals surface area contributed by atoms with Crippen molar-refractivity contribution in [3.8, 4) is 5.75 Å². The zero-order valence-electron chi connectivity index (χ0n) is 10.2. The Balaban J connectivity index is 2.72. The second kappa shape index (κ2) is 7.07. The van der Waals surface area contributed by atoms with Crippen LogP contribution < -0.4 is 10.1 Å². The molecule has 2 heteroatoms. The van der Waals surface area contributed by atoms with Gasteiger partial charge in [-0.15, -0.1) is 0 Å². The van der Waals surface area contributed by atoms with Gasteiger partial charge in [0.1, 0.15) is 12.4 Å². The Kier molecular flexibility index (Phi) is 5.65. The van der Waals surface area contributed by atoms with Crippen LogP contribution in [0.1, 0.15) is 31.9 Å². The van der Waals surface area contributed by atoms with E-state index in [1.807, 2.05) is 18.2 Å². The zero-order valence-corrected chi connectivity index (χ0v) is 10.2. The fourth-order valence-corrected chi connectivity index (χ4v) is 1.59. The van der Waals surface area contributed by atoms with Crippen LogP contribution >= 0.6 is 0 Å². The molecule has 1 unspecified atom stereocenters. The van der Waals surface area contributed by atoms with Gasteiger partial charge in [-0.2, -0.15) is 0 Å². The predicted molar refractivity (Wildman–Crippen MR) is 68.8 cm³/mol. The SMILES string of the molecule is C=CCOc1ccccc1C(C)NCCC. The average Bonchev–Trinajstić information content (AvgIpc) is 2.33. The molecule has 2 nitrogen and oxygen atoms in total. The van der Waals surface area contributed by atoms with Crippen LogP contribution in [0.5, 0.6) is 5.75 Å². The Labute approximate surface area is 98.3 Å². The van der Waals surface area contributed by atoms with Gasteiger partial charge in [0, 0.05) is 11.6 Å². The third kappa shape index (κ3) is 3.70. The second-order valence-corrected chi connectivity index (χ2v) is 3.81. The lowest BCUT2D eigenvalue weighted by atomic mass is 10.1. The van der Waals surface area contributed by atoms with Crippen molar-refractivity contribution in [3.05, 3.63) is 42.5 Å². The fourth-order valence-electron chi connectivity index (χ4n) is 1.59. The lowest BCUT2D eigenvalue weighted by Gasteiger charge is -2.17. The first-order valence-electron chi connectivity index (χ1n) is 5.85. The van der Waals surface area contributed by atoms with E-state index in [2.05, 4.69) is 31.8 Å². The highest BCUT2D eigenvalue weighted by atomic mass is 16.5. The first kappa shape index (κ1) is 12.8. The van der Waals surface area contributed by atoms with E-state index < -0.39 is 0 Å². The minimum absolute atomic E-state index is 0.320. The van der Waals surface area contributed by atoms with Gasteiger partial charge in [0.05, 0.1) is 0 Å². The summed E-state index contributed by atoms with van der Waals surface area (Å²) < 4.78 is 5.63. The van der Waals surface area contributed by atoms with E-state index in [9.17, 15) is 0 Å². The van der Waals surface area contributed by atoms with E-state index in [-0.39, 0.29) is 0 Å². The monoisotopic (exact) mass is 219 g/mol. The summed E-state index contributed by atoms with van der Waals surface area (Å²) in [4.78, 5) is 0. The van der Waals surface area contributed by atoms with Crippen molar-refractivity contribution in [3.63, 3.8) is 0 Å². The molecular formula is C14H21NO. The van der Waals surface area contributed by atoms with Crippen molar-refractivity contribution in [1.82, 2.24) is 5.32 Å². The molecule has 0 fully saturated rings. The first-order chi connectivity index (χ1) is 7.79. The van der Waals surface area contributed by atoms with E-state index in [4.69, 9.17) is 4.74 Å². The molecular weight excluding hydrogens is 198 g/mol. The van der Waals surface area contributed by atoms with Gasteiger partial charge >= 0.3 is 0 Å². The Hall–Kier alpha value is -1.28. The highest BCUT2D eigenvalue weighted by Crippen LogP contribution is 2.24. The summed E-state index contributed by atoms with van der Waals surface area (Å²) in [6, 6.07) is 8.46. The van der Waals surface area contributed by atoms with Gasteiger partial charge in [0.2, 0.25) is 0 Å². The molecule has 88 valence electrons. The van der Waals surface area contributed by atoms with Crippen molar-refractivity contribution >= 4 is 0 Å². The van der Waals surface area contributed by atoms with E-state index >= 15 is 0 Å². The number of hydrogen-bond donors (Lipinski definition) is 1. The largest absolute Gasteiger partial charge is 0.489 e. The van der Waals surface area contributed by atoms with Crippen molar-refractivity contribution in [2.45, 2.75) is 26.3 Å². The normalized spacial score (nSPS) is 12.1. The zero-order chi connectivity index (χ0) is 11.8. The Morgan fingerprint density at radius 2 is 2.19 bits per heavy atom. The maximum atomic E-state index is 5.63. The van der Waals surface area contributed by atoms with Crippen LogP contribution in [0.2, 0.25) is 0 Å². The van der Waals surface area contributed by atoms with Crippen molar-refractivity contribution < 1.29 is 4.74 Å². The highest BCUT2D eigenvalue weighted by molar-refractivity contribution is 5.35. The first-order valence-corrected chi connectivity index (χ1v) is 5.85. The number of rotatable bonds is 7. The van der Waals surface area contributed by atoms with E-state index in [0.717, 1.165) is 18.7 Å². The predicted octanol–water partition coefficient (Wildman–Crippen LogP) is 3.31. The molecule has 0 amide bonds. The minimum atomic E-state index is 0.320. The molecule has 0 saturated carbocycles. The Morgan fingerprint density at radius 1 is 1.44 bits per heavy atom. The average molecular weight is 219 g/mol. The van der Waals surface area contributed by atoms with Crippen LogP contribution in [-0.2, 0) is 0 Å². The molecule has 1 atom stereocenters. The van der Waals surface area contributed by atoms with Gasteiger partial charge in [-0.1, -0.05) is 37.8 Å². The van der Waals surface area contributed by atoms with Crippen LogP contribution in [0.4, 0.5) is 0 Å². The molecule has 0 heterocycles. The molecule has 1 aromatic rings. The number of para-hydroxylation sites is 1. The molecule has 1 N–H and O–H groups in total. The van der Waals surface area contributed by atoms with Gasteiger partial charge in [-0.25, -0.2) is 0 Å². The molecule has 1 rings (SSSR count). The molecule has 1 aromatic carbocycles. The molecule has 0 saturated heterocycles. The van der Waals surface area contributed by atoms with Crippen LogP contribution in [-0.4, -0.2) is 13.2 Å². The van der Waals surface area contributed by atoms with Crippen molar-refractivity contribution in [2.75, 3.05) is 13.2 Å². The molecule has 0 bridgehead atoms. The third-order valence-electron chi connectivity index (χ3n) is 2.44. The lowest BCUT2D eigenvalue weighted by molar-refractivity contribution is 0.354. The standard InChI is InChI=1S/C14H21NO/c1-4-10-15-12(3)13-8-6-7-9-14(13)16-11-5-2/h5-9,12,15H,2,4,10-11H2,1,3H3. The summed E-state index contributed by atoms with van der Waals surface area (Å²) in [6.45, 7) is 9.56. The van der Waals surface area contributed by atoms with Gasteiger partial charge in [-0.05, 0) is 26.0 Å². The quantitative estimate of drug-likeness (QED) is 0.710. The van der Waals surface area contributed by atoms with Crippen LogP contribution in [0, 0.1) is 0 Å². The summed E-state index contributed by atoms with van der Waals surface area (Å²) in [6.07, 6.45) is 2.90. The molecule has 0 spiro atoms. The smallest absolute Gasteiger partial charge is 0.124 e. The van der Waals surface area contributed by atoms with Crippen LogP contribution in [0.3, 0.4) is 0 Å². The topological polar surface area (TPSA) is 21.3 Å². The Bertz CT molecular complexity index is 322. The fraction of sp³-hybridized carbons (Fsp3) is 0.429. The van der Waals surface area contributed by atoms with Crippen LogP contribution in [0.25, 0.3) is 0 Å². The molecule has 0 aliphatic heterocycles. The van der Waals surface area contributed by atoms with Crippen molar-refractivity contribution in [1.29, 1.82) is 0 Å².